The van der Waals surface area contributed by atoms with Crippen molar-refractivity contribution in [3.05, 3.63) is 74.8 Å². The third-order valence-corrected chi connectivity index (χ3v) is 9.04. The zero-order chi connectivity index (χ0) is 24.2. The number of aryl methyl sites for hydroxylation is 2. The summed E-state index contributed by atoms with van der Waals surface area (Å²) in [4.78, 5) is 18.8. The number of nitrogens with zero attached hydrogens (tertiary/aromatic N) is 3. The molecule has 5 nitrogen and oxygen atoms in total. The topological polar surface area (TPSA) is 89.6 Å². The van der Waals surface area contributed by atoms with E-state index < -0.39 is 0 Å². The average molecular weight is 499 g/mol. The SMILES string of the molecule is N#Cc1cc2c(nc1SCC(=O)Nc1sc3c(c1C#N)CC[C@@H](c1ccccc1)C3)CCCCC2. The number of nitrogens with one attached hydrogen (secondary N) is 1. The van der Waals surface area contributed by atoms with Gasteiger partial charge in [0.15, 0.2) is 0 Å². The van der Waals surface area contributed by atoms with E-state index in [1.807, 2.05) is 12.1 Å². The zero-order valence-electron chi connectivity index (χ0n) is 19.5. The van der Waals surface area contributed by atoms with Crippen LogP contribution in [0.4, 0.5) is 5.00 Å². The van der Waals surface area contributed by atoms with Crippen LogP contribution in [0.25, 0.3) is 0 Å². The summed E-state index contributed by atoms with van der Waals surface area (Å²) >= 11 is 2.83. The summed E-state index contributed by atoms with van der Waals surface area (Å²) in [5, 5.41) is 23.7. The van der Waals surface area contributed by atoms with Gasteiger partial charge in [0, 0.05) is 10.6 Å². The van der Waals surface area contributed by atoms with Crippen molar-refractivity contribution >= 4 is 34.0 Å². The fourth-order valence-electron chi connectivity index (χ4n) is 5.08. The molecule has 1 N–H and O–H groups in total. The molecule has 0 bridgehead atoms. The first kappa shape index (κ1) is 23.6. The molecule has 3 aromatic rings. The molecule has 35 heavy (non-hydrogen) atoms. The van der Waals surface area contributed by atoms with Crippen LogP contribution in [0.2, 0.25) is 0 Å². The molecule has 0 saturated heterocycles. The second kappa shape index (κ2) is 10.6. The standard InChI is InChI=1S/C28H26N4OS2/c29-15-21-13-20-9-5-2-6-10-24(20)31-27(21)34-17-26(33)32-28-23(16-30)22-12-11-19(14-25(22)35-28)18-7-3-1-4-8-18/h1,3-4,7-8,13,19H,2,5-6,9-12,14,17H2,(H,32,33)/t19-/m1/s1. The molecule has 2 heterocycles. The summed E-state index contributed by atoms with van der Waals surface area (Å²) in [6.45, 7) is 0. The Labute approximate surface area is 214 Å². The van der Waals surface area contributed by atoms with Gasteiger partial charge in [-0.2, -0.15) is 10.5 Å². The largest absolute Gasteiger partial charge is 0.316 e. The van der Waals surface area contributed by atoms with Crippen LogP contribution in [0, 0.1) is 22.7 Å². The van der Waals surface area contributed by atoms with Crippen LogP contribution in [0.3, 0.4) is 0 Å². The number of rotatable bonds is 5. The molecule has 0 spiro atoms. The molecule has 1 aromatic carbocycles. The highest BCUT2D eigenvalue weighted by atomic mass is 32.2. The van der Waals surface area contributed by atoms with Crippen molar-refractivity contribution in [1.29, 1.82) is 10.5 Å². The summed E-state index contributed by atoms with van der Waals surface area (Å²) < 4.78 is 0. The van der Waals surface area contributed by atoms with E-state index in [1.165, 1.54) is 45.5 Å². The van der Waals surface area contributed by atoms with Gasteiger partial charge in [-0.25, -0.2) is 4.98 Å². The number of carbonyl (C=O) groups is 1. The van der Waals surface area contributed by atoms with Crippen molar-refractivity contribution in [2.24, 2.45) is 0 Å². The minimum absolute atomic E-state index is 0.153. The molecular weight excluding hydrogens is 472 g/mol. The number of nitriles is 2. The highest BCUT2D eigenvalue weighted by Crippen LogP contribution is 2.42. The highest BCUT2D eigenvalue weighted by Gasteiger charge is 2.27. The van der Waals surface area contributed by atoms with Crippen molar-refractivity contribution in [2.75, 3.05) is 11.1 Å². The minimum Gasteiger partial charge on any atom is -0.316 e. The molecule has 0 aliphatic heterocycles. The van der Waals surface area contributed by atoms with Crippen LogP contribution in [0.1, 0.15) is 70.0 Å². The van der Waals surface area contributed by atoms with Crippen molar-refractivity contribution in [2.45, 2.75) is 62.3 Å². The number of anilines is 1. The quantitative estimate of drug-likeness (QED) is 0.336. The van der Waals surface area contributed by atoms with E-state index in [9.17, 15) is 15.3 Å². The molecule has 2 aliphatic carbocycles. The summed E-state index contributed by atoms with van der Waals surface area (Å²) in [5.74, 6) is 0.419. The molecular formula is C28H26N4OS2. The summed E-state index contributed by atoms with van der Waals surface area (Å²) in [7, 11) is 0. The molecule has 0 saturated carbocycles. The molecule has 5 rings (SSSR count). The monoisotopic (exact) mass is 498 g/mol. The number of fused-ring (bicyclic) bond motifs is 2. The molecule has 0 unspecified atom stereocenters. The van der Waals surface area contributed by atoms with E-state index in [2.05, 4.69) is 41.7 Å². The first-order valence-corrected chi connectivity index (χ1v) is 13.9. The van der Waals surface area contributed by atoms with E-state index in [4.69, 9.17) is 4.98 Å². The normalized spacial score (nSPS) is 16.8. The Morgan fingerprint density at radius 3 is 2.74 bits per heavy atom. The summed E-state index contributed by atoms with van der Waals surface area (Å²) in [5.41, 5.74) is 5.80. The summed E-state index contributed by atoms with van der Waals surface area (Å²) in [6, 6.07) is 17.0. The lowest BCUT2D eigenvalue weighted by Crippen LogP contribution is -2.14. The molecule has 1 amide bonds. The smallest absolute Gasteiger partial charge is 0.235 e. The minimum atomic E-state index is -0.176. The van der Waals surface area contributed by atoms with Crippen LogP contribution in [0.5, 0.6) is 0 Å². The molecule has 2 aromatic heterocycles. The van der Waals surface area contributed by atoms with Crippen LogP contribution in [-0.2, 0) is 30.5 Å². The van der Waals surface area contributed by atoms with Gasteiger partial charge < -0.3 is 5.32 Å². The van der Waals surface area contributed by atoms with Gasteiger partial charge in [-0.15, -0.1) is 11.3 Å². The van der Waals surface area contributed by atoms with E-state index in [-0.39, 0.29) is 11.7 Å². The lowest BCUT2D eigenvalue weighted by molar-refractivity contribution is -0.113. The number of hydrogen-bond acceptors (Lipinski definition) is 6. The van der Waals surface area contributed by atoms with E-state index in [0.717, 1.165) is 56.2 Å². The fourth-order valence-corrected chi connectivity index (χ4v) is 7.15. The van der Waals surface area contributed by atoms with Gasteiger partial charge in [-0.05, 0) is 73.6 Å². The maximum absolute atomic E-state index is 12.9. The number of hydrogen-bond donors (Lipinski definition) is 1. The fraction of sp³-hybridized carbons (Fsp3) is 0.357. The van der Waals surface area contributed by atoms with Gasteiger partial charge in [0.05, 0.1) is 16.9 Å². The lowest BCUT2D eigenvalue weighted by Gasteiger charge is -2.22. The van der Waals surface area contributed by atoms with Gasteiger partial charge in [0.1, 0.15) is 22.2 Å². The Bertz CT molecular complexity index is 1330. The number of thiophene rings is 1. The lowest BCUT2D eigenvalue weighted by atomic mass is 9.83. The van der Waals surface area contributed by atoms with Crippen molar-refractivity contribution < 1.29 is 4.79 Å². The second-order valence-corrected chi connectivity index (χ2v) is 11.2. The van der Waals surface area contributed by atoms with Gasteiger partial charge in [0.2, 0.25) is 5.91 Å². The Hall–Kier alpha value is -3.13. The molecule has 176 valence electrons. The molecule has 7 heteroatoms. The van der Waals surface area contributed by atoms with Gasteiger partial charge in [-0.3, -0.25) is 4.79 Å². The first-order valence-electron chi connectivity index (χ1n) is 12.1. The van der Waals surface area contributed by atoms with E-state index in [0.29, 0.717) is 27.1 Å². The highest BCUT2D eigenvalue weighted by molar-refractivity contribution is 8.00. The molecule has 0 radical (unpaired) electrons. The summed E-state index contributed by atoms with van der Waals surface area (Å²) in [6.07, 6.45) is 8.07. The third kappa shape index (κ3) is 5.12. The van der Waals surface area contributed by atoms with Gasteiger partial charge in [0.25, 0.3) is 0 Å². The predicted octanol–water partition coefficient (Wildman–Crippen LogP) is 6.16. The van der Waals surface area contributed by atoms with Crippen molar-refractivity contribution in [3.8, 4) is 12.1 Å². The van der Waals surface area contributed by atoms with Crippen LogP contribution >= 0.6 is 23.1 Å². The van der Waals surface area contributed by atoms with Crippen LogP contribution in [-0.4, -0.2) is 16.6 Å². The van der Waals surface area contributed by atoms with Crippen molar-refractivity contribution in [3.63, 3.8) is 0 Å². The maximum Gasteiger partial charge on any atom is 0.235 e. The van der Waals surface area contributed by atoms with E-state index in [1.54, 1.807) is 0 Å². The molecule has 1 atom stereocenters. The zero-order valence-corrected chi connectivity index (χ0v) is 21.1. The second-order valence-electron chi connectivity index (χ2n) is 9.13. The number of pyridine rings is 1. The van der Waals surface area contributed by atoms with Gasteiger partial charge >= 0.3 is 0 Å². The van der Waals surface area contributed by atoms with Crippen molar-refractivity contribution in [1.82, 2.24) is 4.98 Å². The van der Waals surface area contributed by atoms with E-state index >= 15 is 0 Å². The average Bonchev–Trinajstić information content (AvgIpc) is 3.06. The molecule has 0 fully saturated rings. The molecule has 2 aliphatic rings. The Morgan fingerprint density at radius 1 is 1.11 bits per heavy atom. The van der Waals surface area contributed by atoms with Gasteiger partial charge in [-0.1, -0.05) is 48.5 Å². The predicted molar refractivity (Wildman–Crippen MR) is 140 cm³/mol. The Kier molecular flexibility index (Phi) is 7.18. The number of thioether (sulfide) groups is 1. The number of aromatic nitrogens is 1. The maximum atomic E-state index is 12.9. The van der Waals surface area contributed by atoms with Crippen LogP contribution in [0.15, 0.2) is 41.4 Å². The van der Waals surface area contributed by atoms with Crippen LogP contribution < -0.4 is 5.32 Å². The Balaban J connectivity index is 1.28. The first-order chi connectivity index (χ1) is 17.2. The number of carbonyl (C=O) groups excluding carboxylic acids is 1. The number of benzene rings is 1. The number of amides is 1. The third-order valence-electron chi connectivity index (χ3n) is 6.88. The Morgan fingerprint density at radius 2 is 1.94 bits per heavy atom.